The molecule has 2 aliphatic rings. The molecule has 4 heterocycles. The molecule has 2 aromatic heterocycles. The van der Waals surface area contributed by atoms with Gasteiger partial charge in [0.2, 0.25) is 0 Å². The van der Waals surface area contributed by atoms with Gasteiger partial charge in [0.1, 0.15) is 5.82 Å². The monoisotopic (exact) mass is 331 g/mol. The van der Waals surface area contributed by atoms with Gasteiger partial charge in [0.15, 0.2) is 5.65 Å². The molecule has 2 aromatic rings. The van der Waals surface area contributed by atoms with Gasteiger partial charge in [-0.2, -0.15) is 5.10 Å². The van der Waals surface area contributed by atoms with Crippen molar-refractivity contribution in [2.45, 2.75) is 38.3 Å². The van der Waals surface area contributed by atoms with Crippen molar-refractivity contribution in [2.75, 3.05) is 24.5 Å². The lowest BCUT2D eigenvalue weighted by molar-refractivity contribution is 0.105. The maximum Gasteiger partial charge on any atom is 0.407 e. The molecule has 0 aliphatic carbocycles. The fraction of sp³-hybridized carbons (Fsp3) is 0.562. The molecule has 2 fully saturated rings. The first-order valence-corrected chi connectivity index (χ1v) is 8.42. The third-order valence-corrected chi connectivity index (χ3v) is 4.94. The summed E-state index contributed by atoms with van der Waals surface area (Å²) < 4.78 is 1.63. The highest BCUT2D eigenvalue weighted by atomic mass is 16.4. The summed E-state index contributed by atoms with van der Waals surface area (Å²) in [5.41, 5.74) is 2.04. The molecule has 0 unspecified atom stereocenters. The fourth-order valence-corrected chi connectivity index (χ4v) is 3.49. The van der Waals surface area contributed by atoms with Crippen LogP contribution in [0.3, 0.4) is 0 Å². The topological polar surface area (TPSA) is 94.2 Å². The number of aromatic nitrogens is 3. The Morgan fingerprint density at radius 3 is 2.71 bits per heavy atom. The number of piperidine rings is 1. The molecule has 2 N–H and O–H groups in total. The molecule has 8 nitrogen and oxygen atoms in total. The van der Waals surface area contributed by atoms with Gasteiger partial charge in [-0.05, 0) is 25.7 Å². The van der Waals surface area contributed by atoms with Crippen LogP contribution in [0.5, 0.6) is 0 Å². The highest BCUT2D eigenvalue weighted by Crippen LogP contribution is 2.31. The van der Waals surface area contributed by atoms with E-state index in [1.54, 1.807) is 4.52 Å². The fourth-order valence-electron chi connectivity index (χ4n) is 3.49. The summed E-state index contributed by atoms with van der Waals surface area (Å²) in [5, 5.41) is 23.7. The van der Waals surface area contributed by atoms with Crippen molar-refractivity contribution >= 4 is 17.6 Å². The van der Waals surface area contributed by atoms with E-state index in [9.17, 15) is 15.0 Å². The summed E-state index contributed by atoms with van der Waals surface area (Å²) in [6.07, 6.45) is 2.88. The molecule has 24 heavy (non-hydrogen) atoms. The molecule has 0 bridgehead atoms. The average molecular weight is 331 g/mol. The Hall–Kier alpha value is -2.35. The molecule has 128 valence electrons. The number of aliphatic hydroxyl groups excluding tert-OH is 1. The van der Waals surface area contributed by atoms with Gasteiger partial charge in [-0.1, -0.05) is 0 Å². The van der Waals surface area contributed by atoms with Crippen molar-refractivity contribution in [1.82, 2.24) is 19.5 Å². The lowest BCUT2D eigenvalue weighted by Crippen LogP contribution is -2.37. The lowest BCUT2D eigenvalue weighted by atomic mass is 10.00. The van der Waals surface area contributed by atoms with Crippen LogP contribution in [-0.2, 0) is 6.61 Å². The normalized spacial score (nSPS) is 21.1. The summed E-state index contributed by atoms with van der Waals surface area (Å²) in [6.45, 7) is 2.36. The molecular weight excluding hydrogens is 310 g/mol. The van der Waals surface area contributed by atoms with Crippen LogP contribution < -0.4 is 4.90 Å². The van der Waals surface area contributed by atoms with Gasteiger partial charge in [-0.3, -0.25) is 4.90 Å². The molecule has 2 saturated heterocycles. The summed E-state index contributed by atoms with van der Waals surface area (Å²) in [6, 6.07) is 3.48. The van der Waals surface area contributed by atoms with E-state index in [1.807, 2.05) is 12.1 Å². The smallest absolute Gasteiger partial charge is 0.407 e. The van der Waals surface area contributed by atoms with Crippen molar-refractivity contribution in [2.24, 2.45) is 0 Å². The lowest BCUT2D eigenvalue weighted by Gasteiger charge is -2.32. The molecule has 0 saturated carbocycles. The quantitative estimate of drug-likeness (QED) is 0.888. The molecule has 0 aromatic carbocycles. The van der Waals surface area contributed by atoms with E-state index in [4.69, 9.17) is 0 Å². The number of aliphatic hydroxyl groups is 1. The number of rotatable bonds is 3. The number of hydrogen-bond donors (Lipinski definition) is 2. The van der Waals surface area contributed by atoms with E-state index in [-0.39, 0.29) is 12.6 Å². The Balaban J connectivity index is 1.75. The van der Waals surface area contributed by atoms with E-state index in [2.05, 4.69) is 15.0 Å². The van der Waals surface area contributed by atoms with E-state index in [1.165, 1.54) is 4.90 Å². The van der Waals surface area contributed by atoms with Crippen molar-refractivity contribution in [3.05, 3.63) is 23.5 Å². The maximum absolute atomic E-state index is 11.5. The molecular formula is C16H21N5O3. The molecule has 2 aliphatic heterocycles. The van der Waals surface area contributed by atoms with Crippen LogP contribution >= 0.6 is 0 Å². The third kappa shape index (κ3) is 2.47. The van der Waals surface area contributed by atoms with Gasteiger partial charge in [-0.25, -0.2) is 14.3 Å². The predicted octanol–water partition coefficient (Wildman–Crippen LogP) is 1.64. The largest absolute Gasteiger partial charge is 0.465 e. The standard InChI is InChI=1S/C16H21N5O3/c22-10-11-8-14(19-5-3-6-19)17-15-9-12(18-21(11)15)13-4-1-2-7-20(13)16(23)24/h8-9,13,22H,1-7,10H2,(H,23,24)/t13-/m0/s1. The van der Waals surface area contributed by atoms with Crippen LogP contribution in [0.4, 0.5) is 10.6 Å². The van der Waals surface area contributed by atoms with E-state index in [0.717, 1.165) is 44.6 Å². The molecule has 4 rings (SSSR count). The van der Waals surface area contributed by atoms with Crippen LogP contribution in [0.25, 0.3) is 5.65 Å². The summed E-state index contributed by atoms with van der Waals surface area (Å²) in [7, 11) is 0. The number of nitrogens with zero attached hydrogens (tertiary/aromatic N) is 5. The van der Waals surface area contributed by atoms with Gasteiger partial charge in [0.05, 0.1) is 24.0 Å². The van der Waals surface area contributed by atoms with Gasteiger partial charge in [0.25, 0.3) is 0 Å². The molecule has 1 amide bonds. The number of hydrogen-bond acceptors (Lipinski definition) is 5. The predicted molar refractivity (Wildman–Crippen MR) is 87.1 cm³/mol. The van der Waals surface area contributed by atoms with Gasteiger partial charge < -0.3 is 15.1 Å². The Morgan fingerprint density at radius 1 is 1.21 bits per heavy atom. The van der Waals surface area contributed by atoms with Crippen molar-refractivity contribution in [1.29, 1.82) is 0 Å². The second kappa shape index (κ2) is 5.94. The molecule has 0 spiro atoms. The second-order valence-electron chi connectivity index (χ2n) is 6.43. The maximum atomic E-state index is 11.5. The molecule has 0 radical (unpaired) electrons. The first kappa shape index (κ1) is 15.2. The SMILES string of the molecule is O=C(O)N1CCCC[C@H]1c1cc2nc(N3CCC3)cc(CO)n2n1. The summed E-state index contributed by atoms with van der Waals surface area (Å²) >= 11 is 0. The number of likely N-dealkylation sites (tertiary alicyclic amines) is 1. The van der Waals surface area contributed by atoms with Crippen LogP contribution in [0.1, 0.15) is 43.1 Å². The first-order valence-electron chi connectivity index (χ1n) is 8.42. The van der Waals surface area contributed by atoms with Crippen LogP contribution in [-0.4, -0.2) is 55.4 Å². The number of fused-ring (bicyclic) bond motifs is 1. The van der Waals surface area contributed by atoms with Crippen LogP contribution in [0.15, 0.2) is 12.1 Å². The number of carboxylic acid groups (broad SMARTS) is 1. The van der Waals surface area contributed by atoms with Crippen molar-refractivity contribution in [3.63, 3.8) is 0 Å². The minimum Gasteiger partial charge on any atom is -0.465 e. The van der Waals surface area contributed by atoms with E-state index >= 15 is 0 Å². The second-order valence-corrected chi connectivity index (χ2v) is 6.43. The van der Waals surface area contributed by atoms with Gasteiger partial charge >= 0.3 is 6.09 Å². The molecule has 8 heteroatoms. The number of amides is 1. The van der Waals surface area contributed by atoms with E-state index < -0.39 is 6.09 Å². The zero-order valence-electron chi connectivity index (χ0n) is 13.4. The van der Waals surface area contributed by atoms with Crippen LogP contribution in [0, 0.1) is 0 Å². The number of carbonyl (C=O) groups is 1. The summed E-state index contributed by atoms with van der Waals surface area (Å²) in [4.78, 5) is 19.8. The zero-order chi connectivity index (χ0) is 16.7. The summed E-state index contributed by atoms with van der Waals surface area (Å²) in [5.74, 6) is 0.850. The van der Waals surface area contributed by atoms with Gasteiger partial charge in [0, 0.05) is 31.8 Å². The Bertz CT molecular complexity index is 770. The Kier molecular flexibility index (Phi) is 3.76. The molecule has 1 atom stereocenters. The van der Waals surface area contributed by atoms with Crippen molar-refractivity contribution < 1.29 is 15.0 Å². The average Bonchev–Trinajstić information content (AvgIpc) is 2.96. The highest BCUT2D eigenvalue weighted by Gasteiger charge is 2.30. The minimum atomic E-state index is -0.909. The van der Waals surface area contributed by atoms with Crippen molar-refractivity contribution in [3.8, 4) is 0 Å². The highest BCUT2D eigenvalue weighted by molar-refractivity contribution is 5.66. The number of anilines is 1. The third-order valence-electron chi connectivity index (χ3n) is 4.94. The Morgan fingerprint density at radius 2 is 2.04 bits per heavy atom. The van der Waals surface area contributed by atoms with Gasteiger partial charge in [-0.15, -0.1) is 0 Å². The Labute approximate surface area is 139 Å². The van der Waals surface area contributed by atoms with Crippen LogP contribution in [0.2, 0.25) is 0 Å². The van der Waals surface area contributed by atoms with E-state index in [0.29, 0.717) is 23.6 Å². The zero-order valence-corrected chi connectivity index (χ0v) is 13.4. The first-order chi connectivity index (χ1) is 11.7. The minimum absolute atomic E-state index is 0.131.